The molecule has 0 spiro atoms. The highest BCUT2D eigenvalue weighted by molar-refractivity contribution is 5.95. The number of benzene rings is 2. The highest BCUT2D eigenvalue weighted by atomic mass is 16.4. The molecule has 1 saturated heterocycles. The molecule has 0 aliphatic carbocycles. The molecule has 1 unspecified atom stereocenters. The molecule has 3 rings (SSSR count). The fourth-order valence-electron chi connectivity index (χ4n) is 3.43. The van der Waals surface area contributed by atoms with Crippen molar-refractivity contribution in [2.24, 2.45) is 11.8 Å². The highest BCUT2D eigenvalue weighted by Crippen LogP contribution is 2.32. The minimum absolute atomic E-state index is 0.00763. The number of nitrogens with zero attached hydrogens (tertiary/aromatic N) is 1. The molecule has 0 bridgehead atoms. The molecule has 5 nitrogen and oxygen atoms in total. The molecule has 2 aromatic rings. The first-order chi connectivity index (χ1) is 12.1. The average Bonchev–Trinajstić information content (AvgIpc) is 2.98. The summed E-state index contributed by atoms with van der Waals surface area (Å²) < 4.78 is 0. The lowest BCUT2D eigenvalue weighted by molar-refractivity contribution is -0.142. The summed E-state index contributed by atoms with van der Waals surface area (Å²) in [5, 5.41) is 12.3. The lowest BCUT2D eigenvalue weighted by atomic mass is 9.99. The van der Waals surface area contributed by atoms with Crippen LogP contribution in [0.15, 0.2) is 60.7 Å². The summed E-state index contributed by atoms with van der Waals surface area (Å²) in [7, 11) is 0. The number of anilines is 1. The molecule has 1 aliphatic heterocycles. The summed E-state index contributed by atoms with van der Waals surface area (Å²) in [5.41, 5.74) is 1.60. The Hall–Kier alpha value is -2.66. The summed E-state index contributed by atoms with van der Waals surface area (Å²) in [6.07, 6.45) is 0. The van der Waals surface area contributed by atoms with Gasteiger partial charge in [0.05, 0.1) is 5.92 Å². The van der Waals surface area contributed by atoms with Crippen LogP contribution in [-0.2, 0) is 9.59 Å². The van der Waals surface area contributed by atoms with Crippen LogP contribution in [0.4, 0.5) is 5.69 Å². The van der Waals surface area contributed by atoms with E-state index in [0.29, 0.717) is 13.1 Å². The van der Waals surface area contributed by atoms with E-state index in [1.807, 2.05) is 72.5 Å². The van der Waals surface area contributed by atoms with Crippen molar-refractivity contribution in [1.82, 2.24) is 4.90 Å². The van der Waals surface area contributed by atoms with E-state index < -0.39 is 17.9 Å². The molecule has 1 fully saturated rings. The number of aliphatic carboxylic acids is 1. The van der Waals surface area contributed by atoms with Gasteiger partial charge in [0.25, 0.3) is 0 Å². The maximum Gasteiger partial charge on any atom is 0.308 e. The van der Waals surface area contributed by atoms with Gasteiger partial charge in [-0.15, -0.1) is 0 Å². The summed E-state index contributed by atoms with van der Waals surface area (Å²) in [4.78, 5) is 26.4. The third kappa shape index (κ3) is 3.88. The van der Waals surface area contributed by atoms with Gasteiger partial charge in [-0.1, -0.05) is 55.5 Å². The second-order valence-electron chi connectivity index (χ2n) is 6.54. The number of likely N-dealkylation sites (tertiary alicyclic amines) is 1. The van der Waals surface area contributed by atoms with Gasteiger partial charge < -0.3 is 10.4 Å². The minimum atomic E-state index is -0.801. The Labute approximate surface area is 147 Å². The predicted octanol–water partition coefficient (Wildman–Crippen LogP) is 3.02. The van der Waals surface area contributed by atoms with Crippen molar-refractivity contribution in [3.8, 4) is 0 Å². The second kappa shape index (κ2) is 7.49. The van der Waals surface area contributed by atoms with Crippen LogP contribution in [0, 0.1) is 11.8 Å². The smallest absolute Gasteiger partial charge is 0.308 e. The van der Waals surface area contributed by atoms with Crippen molar-refractivity contribution < 1.29 is 14.7 Å². The quantitative estimate of drug-likeness (QED) is 0.879. The van der Waals surface area contributed by atoms with Crippen molar-refractivity contribution >= 4 is 17.6 Å². The number of nitrogens with one attached hydrogen (secondary N) is 1. The standard InChI is InChI=1S/C20H22N2O3/c1-14-12-22(13-17(14)20(24)25)18(15-8-4-2-5-9-15)19(23)21-16-10-6-3-7-11-16/h2-11,14,17-18H,12-13H2,1H3,(H,21,23)(H,24,25)/t14-,17-,18?/m1/s1. The number of carboxylic acids is 1. The third-order valence-electron chi connectivity index (χ3n) is 4.73. The van der Waals surface area contributed by atoms with Crippen LogP contribution < -0.4 is 5.32 Å². The van der Waals surface area contributed by atoms with Crippen LogP contribution in [0.1, 0.15) is 18.5 Å². The van der Waals surface area contributed by atoms with E-state index >= 15 is 0 Å². The number of carboxylic acid groups (broad SMARTS) is 1. The van der Waals surface area contributed by atoms with Crippen molar-refractivity contribution in [1.29, 1.82) is 0 Å². The van der Waals surface area contributed by atoms with Gasteiger partial charge in [-0.05, 0) is 23.6 Å². The van der Waals surface area contributed by atoms with Gasteiger partial charge in [0, 0.05) is 18.8 Å². The number of para-hydroxylation sites is 1. The molecule has 0 saturated carbocycles. The zero-order chi connectivity index (χ0) is 17.8. The number of amides is 1. The molecule has 130 valence electrons. The molecule has 5 heteroatoms. The van der Waals surface area contributed by atoms with E-state index in [2.05, 4.69) is 5.32 Å². The van der Waals surface area contributed by atoms with Crippen LogP contribution >= 0.6 is 0 Å². The van der Waals surface area contributed by atoms with Crippen LogP contribution in [0.2, 0.25) is 0 Å². The fraction of sp³-hybridized carbons (Fsp3) is 0.300. The second-order valence-corrected chi connectivity index (χ2v) is 6.54. The van der Waals surface area contributed by atoms with Gasteiger partial charge in [0.1, 0.15) is 6.04 Å². The average molecular weight is 338 g/mol. The predicted molar refractivity (Wildman–Crippen MR) is 96.1 cm³/mol. The maximum absolute atomic E-state index is 13.0. The molecule has 1 aliphatic rings. The molecule has 1 amide bonds. The number of rotatable bonds is 5. The molecule has 2 aromatic carbocycles. The lowest BCUT2D eigenvalue weighted by Gasteiger charge is -2.27. The Bertz CT molecular complexity index is 733. The van der Waals surface area contributed by atoms with Gasteiger partial charge in [0.2, 0.25) is 5.91 Å². The molecule has 1 heterocycles. The van der Waals surface area contributed by atoms with E-state index in [1.165, 1.54) is 0 Å². The topological polar surface area (TPSA) is 69.6 Å². The molecule has 25 heavy (non-hydrogen) atoms. The Morgan fingerprint density at radius 3 is 2.20 bits per heavy atom. The van der Waals surface area contributed by atoms with Gasteiger partial charge in [0.15, 0.2) is 0 Å². The number of carbonyl (C=O) groups is 2. The van der Waals surface area contributed by atoms with Crippen LogP contribution in [0.25, 0.3) is 0 Å². The normalized spacial score (nSPS) is 21.6. The van der Waals surface area contributed by atoms with Crippen LogP contribution in [-0.4, -0.2) is 35.0 Å². The van der Waals surface area contributed by atoms with E-state index in [1.54, 1.807) is 0 Å². The number of carbonyl (C=O) groups excluding carboxylic acids is 1. The van der Waals surface area contributed by atoms with E-state index in [0.717, 1.165) is 11.3 Å². The van der Waals surface area contributed by atoms with Crippen LogP contribution in [0.3, 0.4) is 0 Å². The molecule has 3 atom stereocenters. The summed E-state index contributed by atoms with van der Waals surface area (Å²) >= 11 is 0. The van der Waals surface area contributed by atoms with E-state index in [-0.39, 0.29) is 11.8 Å². The van der Waals surface area contributed by atoms with Crippen LogP contribution in [0.5, 0.6) is 0 Å². The van der Waals surface area contributed by atoms with Crippen molar-refractivity contribution in [2.45, 2.75) is 13.0 Å². The largest absolute Gasteiger partial charge is 0.481 e. The maximum atomic E-state index is 13.0. The Morgan fingerprint density at radius 1 is 1.04 bits per heavy atom. The first-order valence-corrected chi connectivity index (χ1v) is 8.44. The molecule has 0 aromatic heterocycles. The molecular formula is C20H22N2O3. The number of hydrogen-bond acceptors (Lipinski definition) is 3. The summed E-state index contributed by atoms with van der Waals surface area (Å²) in [5.74, 6) is -1.38. The van der Waals surface area contributed by atoms with E-state index in [4.69, 9.17) is 0 Å². The first-order valence-electron chi connectivity index (χ1n) is 8.44. The van der Waals surface area contributed by atoms with Crippen molar-refractivity contribution in [3.63, 3.8) is 0 Å². The first kappa shape index (κ1) is 17.2. The van der Waals surface area contributed by atoms with E-state index in [9.17, 15) is 14.7 Å². The SMILES string of the molecule is C[C@@H]1CN(C(C(=O)Nc2ccccc2)c2ccccc2)C[C@H]1C(=O)O. The summed E-state index contributed by atoms with van der Waals surface area (Å²) in [6.45, 7) is 2.88. The molecule has 2 N–H and O–H groups in total. The summed E-state index contributed by atoms with van der Waals surface area (Å²) in [6, 6.07) is 18.3. The Kier molecular flexibility index (Phi) is 5.14. The van der Waals surface area contributed by atoms with Crippen molar-refractivity contribution in [3.05, 3.63) is 66.2 Å². The third-order valence-corrected chi connectivity index (χ3v) is 4.73. The highest BCUT2D eigenvalue weighted by Gasteiger charge is 2.40. The molecular weight excluding hydrogens is 316 g/mol. The monoisotopic (exact) mass is 338 g/mol. The minimum Gasteiger partial charge on any atom is -0.481 e. The number of hydrogen-bond donors (Lipinski definition) is 2. The zero-order valence-corrected chi connectivity index (χ0v) is 14.1. The Balaban J connectivity index is 1.86. The molecule has 0 radical (unpaired) electrons. The lowest BCUT2D eigenvalue weighted by Crippen LogP contribution is -2.36. The van der Waals surface area contributed by atoms with Crippen molar-refractivity contribution in [2.75, 3.05) is 18.4 Å². The van der Waals surface area contributed by atoms with Gasteiger partial charge in [-0.25, -0.2) is 0 Å². The van der Waals surface area contributed by atoms with Gasteiger partial charge in [-0.2, -0.15) is 0 Å². The Morgan fingerprint density at radius 2 is 1.64 bits per heavy atom. The van der Waals surface area contributed by atoms with Gasteiger partial charge in [-0.3, -0.25) is 14.5 Å². The fourth-order valence-corrected chi connectivity index (χ4v) is 3.43. The van der Waals surface area contributed by atoms with Gasteiger partial charge >= 0.3 is 5.97 Å². The zero-order valence-electron chi connectivity index (χ0n) is 14.1.